The predicted octanol–water partition coefficient (Wildman–Crippen LogP) is 3.66. The van der Waals surface area contributed by atoms with Crippen molar-refractivity contribution in [2.24, 2.45) is 5.92 Å². The highest BCUT2D eigenvalue weighted by Crippen LogP contribution is 2.40. The maximum atomic E-state index is 13.9. The molecule has 148 valence electrons. The minimum absolute atomic E-state index is 0.0286. The molecule has 2 aromatic rings. The number of fused-ring (bicyclic) bond motifs is 1. The Morgan fingerprint density at radius 1 is 1.25 bits per heavy atom. The molecule has 1 aromatic carbocycles. The van der Waals surface area contributed by atoms with E-state index < -0.39 is 17.8 Å². The van der Waals surface area contributed by atoms with Gasteiger partial charge in [0.2, 0.25) is 5.91 Å². The van der Waals surface area contributed by atoms with Crippen LogP contribution in [0, 0.1) is 11.7 Å². The molecule has 3 unspecified atom stereocenters. The summed E-state index contributed by atoms with van der Waals surface area (Å²) in [5.74, 6) is -0.553. The van der Waals surface area contributed by atoms with Gasteiger partial charge in [-0.25, -0.2) is 14.2 Å². The standard InChI is InChI=1S/C21H23FN2O4/c22-15-7-3-2-6-14(15)18-12-23-19(28-18)9-10-20(25)24-16-8-4-1-5-13(16)11-17(24)21(26)27/h2-3,6-7,12-13,16-17H,1,4-5,8-11H2,(H,26,27). The highest BCUT2D eigenvalue weighted by atomic mass is 19.1. The van der Waals surface area contributed by atoms with Crippen LogP contribution < -0.4 is 0 Å². The molecule has 0 radical (unpaired) electrons. The molecule has 4 rings (SSSR count). The molecule has 1 N–H and O–H groups in total. The minimum Gasteiger partial charge on any atom is -0.480 e. The van der Waals surface area contributed by atoms with E-state index in [9.17, 15) is 19.1 Å². The van der Waals surface area contributed by atoms with Crippen molar-refractivity contribution in [1.82, 2.24) is 9.88 Å². The van der Waals surface area contributed by atoms with Crippen molar-refractivity contribution in [3.63, 3.8) is 0 Å². The number of aromatic nitrogens is 1. The zero-order valence-corrected chi connectivity index (χ0v) is 15.5. The zero-order valence-electron chi connectivity index (χ0n) is 15.5. The average molecular weight is 386 g/mol. The number of hydrogen-bond acceptors (Lipinski definition) is 4. The maximum Gasteiger partial charge on any atom is 0.326 e. The number of halogens is 1. The van der Waals surface area contributed by atoms with Gasteiger partial charge in [-0.15, -0.1) is 0 Å². The molecule has 1 saturated carbocycles. The monoisotopic (exact) mass is 386 g/mol. The van der Waals surface area contributed by atoms with E-state index in [0.717, 1.165) is 25.7 Å². The quantitative estimate of drug-likeness (QED) is 0.848. The number of nitrogens with zero attached hydrogens (tertiary/aromatic N) is 2. The summed E-state index contributed by atoms with van der Waals surface area (Å²) in [6.45, 7) is 0. The Labute approximate surface area is 162 Å². The van der Waals surface area contributed by atoms with E-state index >= 15 is 0 Å². The second kappa shape index (κ2) is 7.73. The van der Waals surface area contributed by atoms with E-state index in [2.05, 4.69) is 4.98 Å². The molecule has 0 bridgehead atoms. The number of carbonyl (C=O) groups excluding carboxylic acids is 1. The van der Waals surface area contributed by atoms with Crippen LogP contribution in [-0.4, -0.2) is 39.0 Å². The fourth-order valence-electron chi connectivity index (χ4n) is 4.59. The number of carboxylic acid groups (broad SMARTS) is 1. The van der Waals surface area contributed by atoms with Crippen LogP contribution in [-0.2, 0) is 16.0 Å². The number of aliphatic carboxylic acids is 1. The van der Waals surface area contributed by atoms with Crippen LogP contribution >= 0.6 is 0 Å². The highest BCUT2D eigenvalue weighted by molar-refractivity contribution is 5.85. The molecule has 2 fully saturated rings. The van der Waals surface area contributed by atoms with Gasteiger partial charge >= 0.3 is 5.97 Å². The molecule has 6 nitrogen and oxygen atoms in total. The molecule has 3 atom stereocenters. The van der Waals surface area contributed by atoms with E-state index in [1.54, 1.807) is 23.1 Å². The molecular weight excluding hydrogens is 363 g/mol. The normalized spacial score (nSPS) is 24.2. The Morgan fingerprint density at radius 3 is 2.82 bits per heavy atom. The van der Waals surface area contributed by atoms with Gasteiger partial charge in [-0.3, -0.25) is 4.79 Å². The first kappa shape index (κ1) is 18.7. The number of rotatable bonds is 5. The third-order valence-corrected chi connectivity index (χ3v) is 5.91. The molecular formula is C21H23FN2O4. The minimum atomic E-state index is -0.930. The van der Waals surface area contributed by atoms with E-state index in [1.165, 1.54) is 12.3 Å². The molecule has 1 aliphatic heterocycles. The van der Waals surface area contributed by atoms with Crippen molar-refractivity contribution >= 4 is 11.9 Å². The SMILES string of the molecule is O=C(O)C1CC2CCCCC2N1C(=O)CCc1ncc(-c2ccccc2F)o1. The molecule has 2 heterocycles. The van der Waals surface area contributed by atoms with Gasteiger partial charge in [-0.05, 0) is 37.3 Å². The Kier molecular flexibility index (Phi) is 5.15. The van der Waals surface area contributed by atoms with Crippen molar-refractivity contribution < 1.29 is 23.5 Å². The number of benzene rings is 1. The van der Waals surface area contributed by atoms with Crippen LogP contribution in [0.15, 0.2) is 34.9 Å². The van der Waals surface area contributed by atoms with Crippen molar-refractivity contribution in [2.75, 3.05) is 0 Å². The van der Waals surface area contributed by atoms with Crippen LogP contribution in [0.5, 0.6) is 0 Å². The predicted molar refractivity (Wildman–Crippen MR) is 98.9 cm³/mol. The molecule has 1 saturated heterocycles. The smallest absolute Gasteiger partial charge is 0.326 e. The first-order valence-electron chi connectivity index (χ1n) is 9.78. The topological polar surface area (TPSA) is 83.6 Å². The van der Waals surface area contributed by atoms with Crippen molar-refractivity contribution in [3.05, 3.63) is 42.2 Å². The van der Waals surface area contributed by atoms with Crippen LogP contribution in [0.2, 0.25) is 0 Å². The Balaban J connectivity index is 1.44. The molecule has 28 heavy (non-hydrogen) atoms. The lowest BCUT2D eigenvalue weighted by atomic mass is 9.84. The second-order valence-electron chi connectivity index (χ2n) is 7.60. The van der Waals surface area contributed by atoms with Gasteiger partial charge in [0.15, 0.2) is 11.7 Å². The third kappa shape index (κ3) is 3.53. The van der Waals surface area contributed by atoms with Crippen molar-refractivity contribution in [1.29, 1.82) is 0 Å². The van der Waals surface area contributed by atoms with Gasteiger partial charge in [0.05, 0.1) is 11.8 Å². The molecule has 2 aliphatic rings. The van der Waals surface area contributed by atoms with Gasteiger partial charge in [0, 0.05) is 18.9 Å². The van der Waals surface area contributed by atoms with Crippen LogP contribution in [0.3, 0.4) is 0 Å². The van der Waals surface area contributed by atoms with Crippen molar-refractivity contribution in [2.45, 2.75) is 57.0 Å². The number of oxazole rings is 1. The fourth-order valence-corrected chi connectivity index (χ4v) is 4.59. The lowest BCUT2D eigenvalue weighted by molar-refractivity contribution is -0.149. The molecule has 0 spiro atoms. The summed E-state index contributed by atoms with van der Waals surface area (Å²) in [6.07, 6.45) is 6.37. The van der Waals surface area contributed by atoms with Crippen molar-refractivity contribution in [3.8, 4) is 11.3 Å². The van der Waals surface area contributed by atoms with Crippen LogP contribution in [0.4, 0.5) is 4.39 Å². The van der Waals surface area contributed by atoms with E-state index in [1.807, 2.05) is 0 Å². The zero-order chi connectivity index (χ0) is 19.7. The first-order chi connectivity index (χ1) is 13.5. The summed E-state index contributed by atoms with van der Waals surface area (Å²) < 4.78 is 19.5. The number of carbonyl (C=O) groups is 2. The Morgan fingerprint density at radius 2 is 2.04 bits per heavy atom. The van der Waals surface area contributed by atoms with Gasteiger partial charge in [-0.2, -0.15) is 0 Å². The first-order valence-corrected chi connectivity index (χ1v) is 9.78. The molecule has 7 heteroatoms. The number of hydrogen-bond donors (Lipinski definition) is 1. The molecule has 1 aliphatic carbocycles. The van der Waals surface area contributed by atoms with Gasteiger partial charge in [0.1, 0.15) is 11.9 Å². The summed E-state index contributed by atoms with van der Waals surface area (Å²) in [5.41, 5.74) is 0.322. The lowest BCUT2D eigenvalue weighted by Crippen LogP contribution is -2.46. The summed E-state index contributed by atoms with van der Waals surface area (Å²) in [4.78, 5) is 30.3. The van der Waals surface area contributed by atoms with E-state index in [-0.39, 0.29) is 30.7 Å². The summed E-state index contributed by atoms with van der Waals surface area (Å²) in [5, 5.41) is 9.56. The molecule has 1 aromatic heterocycles. The summed E-state index contributed by atoms with van der Waals surface area (Å²) in [7, 11) is 0. The Hall–Kier alpha value is -2.70. The lowest BCUT2D eigenvalue weighted by Gasteiger charge is -2.33. The summed E-state index contributed by atoms with van der Waals surface area (Å²) >= 11 is 0. The van der Waals surface area contributed by atoms with Gasteiger partial charge in [0.25, 0.3) is 0 Å². The number of aryl methyl sites for hydroxylation is 1. The fraction of sp³-hybridized carbons (Fsp3) is 0.476. The highest BCUT2D eigenvalue weighted by Gasteiger charge is 2.47. The third-order valence-electron chi connectivity index (χ3n) is 5.91. The number of amides is 1. The largest absolute Gasteiger partial charge is 0.480 e. The van der Waals surface area contributed by atoms with Crippen LogP contribution in [0.1, 0.15) is 44.4 Å². The van der Waals surface area contributed by atoms with Gasteiger partial charge < -0.3 is 14.4 Å². The van der Waals surface area contributed by atoms with Gasteiger partial charge in [-0.1, -0.05) is 25.0 Å². The van der Waals surface area contributed by atoms with E-state index in [0.29, 0.717) is 23.6 Å². The number of carboxylic acids is 1. The Bertz CT molecular complexity index is 881. The molecule has 1 amide bonds. The average Bonchev–Trinajstić information content (AvgIpc) is 3.31. The second-order valence-corrected chi connectivity index (χ2v) is 7.60. The maximum absolute atomic E-state index is 13.9. The van der Waals surface area contributed by atoms with E-state index in [4.69, 9.17) is 4.42 Å². The summed E-state index contributed by atoms with van der Waals surface area (Å²) in [6, 6.07) is 5.56. The van der Waals surface area contributed by atoms with Crippen LogP contribution in [0.25, 0.3) is 11.3 Å². The number of likely N-dealkylation sites (tertiary alicyclic amines) is 1.